The molecular formula is C9H9N3O3S. The second-order valence-electron chi connectivity index (χ2n) is 2.94. The maximum absolute atomic E-state index is 11.7. The van der Waals surface area contributed by atoms with E-state index in [9.17, 15) is 14.9 Å². The van der Waals surface area contributed by atoms with Crippen molar-refractivity contribution in [1.29, 1.82) is 5.41 Å². The molecule has 7 heteroatoms. The molecule has 6 nitrogen and oxygen atoms in total. The summed E-state index contributed by atoms with van der Waals surface area (Å²) >= 11 is 0.939. The highest BCUT2D eigenvalue weighted by Gasteiger charge is 2.14. The molecule has 0 aliphatic rings. The molecule has 1 N–H and O–H groups in total. The van der Waals surface area contributed by atoms with Crippen molar-refractivity contribution in [3.8, 4) is 0 Å². The second-order valence-corrected chi connectivity index (χ2v) is 3.91. The van der Waals surface area contributed by atoms with Crippen molar-refractivity contribution < 1.29 is 4.92 Å². The Morgan fingerprint density at radius 3 is 2.88 bits per heavy atom. The number of pyridine rings is 1. The van der Waals surface area contributed by atoms with Crippen LogP contribution in [0.15, 0.2) is 23.6 Å². The summed E-state index contributed by atoms with van der Waals surface area (Å²) in [5.41, 5.74) is 0.611. The minimum absolute atomic E-state index is 0.144. The zero-order valence-electron chi connectivity index (χ0n) is 8.47. The van der Waals surface area contributed by atoms with Crippen LogP contribution in [0.2, 0.25) is 0 Å². The molecule has 0 aliphatic heterocycles. The predicted molar refractivity (Wildman–Crippen MR) is 63.7 cm³/mol. The van der Waals surface area contributed by atoms with Gasteiger partial charge in [0.1, 0.15) is 0 Å². The van der Waals surface area contributed by atoms with Gasteiger partial charge in [0.15, 0.2) is 0 Å². The van der Waals surface area contributed by atoms with Crippen molar-refractivity contribution in [2.75, 3.05) is 0 Å². The fraction of sp³-hybridized carbons (Fsp3) is 0.111. The molecule has 1 heterocycles. The summed E-state index contributed by atoms with van der Waals surface area (Å²) in [7, 11) is 1.43. The summed E-state index contributed by atoms with van der Waals surface area (Å²) < 4.78 is 1.13. The van der Waals surface area contributed by atoms with E-state index in [-0.39, 0.29) is 16.8 Å². The zero-order chi connectivity index (χ0) is 12.3. The topological polar surface area (TPSA) is 89.0 Å². The van der Waals surface area contributed by atoms with Crippen LogP contribution in [0.25, 0.3) is 4.91 Å². The second kappa shape index (κ2) is 4.75. The van der Waals surface area contributed by atoms with E-state index in [0.717, 1.165) is 28.1 Å². The van der Waals surface area contributed by atoms with E-state index in [1.165, 1.54) is 13.1 Å². The van der Waals surface area contributed by atoms with Crippen LogP contribution in [0, 0.1) is 15.5 Å². The van der Waals surface area contributed by atoms with Crippen molar-refractivity contribution >= 4 is 27.9 Å². The third-order valence-electron chi connectivity index (χ3n) is 1.88. The summed E-state index contributed by atoms with van der Waals surface area (Å²) in [6, 6.07) is 1.17. The molecule has 0 aromatic carbocycles. The molecule has 0 bridgehead atoms. The molecule has 0 saturated carbocycles. The van der Waals surface area contributed by atoms with Crippen molar-refractivity contribution in [3.63, 3.8) is 0 Å². The lowest BCUT2D eigenvalue weighted by molar-refractivity contribution is -0.385. The maximum Gasteiger partial charge on any atom is 0.286 e. The molecular weight excluding hydrogens is 230 g/mol. The molecule has 84 valence electrons. The molecule has 0 spiro atoms. The van der Waals surface area contributed by atoms with E-state index >= 15 is 0 Å². The highest BCUT2D eigenvalue weighted by Crippen LogP contribution is 2.23. The Morgan fingerprint density at radius 1 is 1.75 bits per heavy atom. The van der Waals surface area contributed by atoms with Crippen LogP contribution >= 0.6 is 11.8 Å². The van der Waals surface area contributed by atoms with Crippen LogP contribution in [0.1, 0.15) is 5.56 Å². The number of nitro groups is 1. The average molecular weight is 239 g/mol. The molecule has 0 fully saturated rings. The third-order valence-corrected chi connectivity index (χ3v) is 2.50. The number of nitrogens with zero attached hydrogens (tertiary/aromatic N) is 2. The van der Waals surface area contributed by atoms with E-state index in [0.29, 0.717) is 4.91 Å². The van der Waals surface area contributed by atoms with Crippen LogP contribution in [0.5, 0.6) is 0 Å². The molecule has 0 radical (unpaired) electrons. The van der Waals surface area contributed by atoms with Gasteiger partial charge in [-0.05, 0) is 0 Å². The monoisotopic (exact) mass is 239 g/mol. The first-order chi connectivity index (χ1) is 7.47. The molecule has 1 aromatic rings. The maximum atomic E-state index is 11.7. The zero-order valence-corrected chi connectivity index (χ0v) is 9.28. The number of aromatic nitrogens is 1. The number of hydrogen-bond donors (Lipinski definition) is 1. The quantitative estimate of drug-likeness (QED) is 0.374. The first kappa shape index (κ1) is 12.2. The van der Waals surface area contributed by atoms with Crippen LogP contribution in [0.4, 0.5) is 5.69 Å². The molecule has 0 atom stereocenters. The van der Waals surface area contributed by atoms with Gasteiger partial charge in [-0.2, -0.15) is 0 Å². The van der Waals surface area contributed by atoms with Crippen molar-refractivity contribution in [3.05, 3.63) is 44.9 Å². The summed E-state index contributed by atoms with van der Waals surface area (Å²) in [5, 5.41) is 17.5. The lowest BCUT2D eigenvalue weighted by Crippen LogP contribution is -2.20. The van der Waals surface area contributed by atoms with Crippen molar-refractivity contribution in [1.82, 2.24) is 4.57 Å². The van der Waals surface area contributed by atoms with E-state index < -0.39 is 4.92 Å². The first-order valence-electron chi connectivity index (χ1n) is 4.17. The Hall–Kier alpha value is -1.89. The van der Waals surface area contributed by atoms with Crippen LogP contribution < -0.4 is 5.56 Å². The smallest absolute Gasteiger partial charge is 0.286 e. The Morgan fingerprint density at radius 2 is 2.38 bits per heavy atom. The SMILES string of the molecule is C=C(SC=N)c1cc([N+](=O)[O-])cn(C)c1=O. The molecule has 16 heavy (non-hydrogen) atoms. The van der Waals surface area contributed by atoms with Gasteiger partial charge in [-0.25, -0.2) is 0 Å². The number of nitrogens with one attached hydrogen (secondary N) is 1. The van der Waals surface area contributed by atoms with Crippen molar-refractivity contribution in [2.45, 2.75) is 0 Å². The number of rotatable bonds is 4. The average Bonchev–Trinajstić information content (AvgIpc) is 2.21. The molecule has 0 saturated heterocycles. The molecule has 0 amide bonds. The summed E-state index contributed by atoms with van der Waals surface area (Å²) in [6.07, 6.45) is 1.15. The standard InChI is InChI=1S/C9H9N3O3S/c1-6(16-5-10)8-3-7(12(14)15)4-11(2)9(8)13/h3-5,10H,1H2,2H3. The molecule has 0 unspecified atom stereocenters. The molecule has 1 aromatic heterocycles. The lowest BCUT2D eigenvalue weighted by Gasteiger charge is -2.04. The number of aryl methyl sites for hydroxylation is 1. The Bertz CT molecular complexity index is 521. The van der Waals surface area contributed by atoms with Gasteiger partial charge in [-0.15, -0.1) is 0 Å². The van der Waals surface area contributed by atoms with Gasteiger partial charge in [0.25, 0.3) is 11.2 Å². The van der Waals surface area contributed by atoms with Crippen molar-refractivity contribution in [2.24, 2.45) is 7.05 Å². The largest absolute Gasteiger partial charge is 0.311 e. The Kier molecular flexibility index (Phi) is 3.62. The molecule has 1 rings (SSSR count). The van der Waals surface area contributed by atoms with Gasteiger partial charge < -0.3 is 9.98 Å². The Labute approximate surface area is 95.3 Å². The van der Waals surface area contributed by atoms with Gasteiger partial charge in [0.05, 0.1) is 22.2 Å². The minimum atomic E-state index is -0.578. The van der Waals surface area contributed by atoms with Crippen LogP contribution in [-0.2, 0) is 7.05 Å². The normalized spacial score (nSPS) is 9.81. The fourth-order valence-electron chi connectivity index (χ4n) is 1.13. The van der Waals surface area contributed by atoms with E-state index in [4.69, 9.17) is 5.41 Å². The lowest BCUT2D eigenvalue weighted by atomic mass is 10.2. The van der Waals surface area contributed by atoms with E-state index in [1.54, 1.807) is 0 Å². The first-order valence-corrected chi connectivity index (χ1v) is 5.05. The summed E-state index contributed by atoms with van der Waals surface area (Å²) in [5.74, 6) is 0. The van der Waals surface area contributed by atoms with Gasteiger partial charge in [-0.1, -0.05) is 18.3 Å². The fourth-order valence-corrected chi connectivity index (χ4v) is 1.54. The third kappa shape index (κ3) is 2.37. The van der Waals surface area contributed by atoms with E-state index in [1.807, 2.05) is 0 Å². The van der Waals surface area contributed by atoms with Gasteiger partial charge in [0.2, 0.25) is 0 Å². The van der Waals surface area contributed by atoms with Gasteiger partial charge >= 0.3 is 0 Å². The van der Waals surface area contributed by atoms with Crippen LogP contribution in [0.3, 0.4) is 0 Å². The summed E-state index contributed by atoms with van der Waals surface area (Å²) in [4.78, 5) is 22.0. The number of hydrogen-bond acceptors (Lipinski definition) is 5. The Balaban J connectivity index is 3.38. The highest BCUT2D eigenvalue weighted by molar-refractivity contribution is 8.19. The summed E-state index contributed by atoms with van der Waals surface area (Å²) in [6.45, 7) is 3.59. The molecule has 0 aliphatic carbocycles. The van der Waals surface area contributed by atoms with E-state index in [2.05, 4.69) is 6.58 Å². The number of thioether (sulfide) groups is 1. The minimum Gasteiger partial charge on any atom is -0.311 e. The predicted octanol–water partition coefficient (Wildman–Crippen LogP) is 1.60. The van der Waals surface area contributed by atoms with Gasteiger partial charge in [0, 0.05) is 18.0 Å². The highest BCUT2D eigenvalue weighted by atomic mass is 32.2. The van der Waals surface area contributed by atoms with Gasteiger partial charge in [-0.3, -0.25) is 14.9 Å². The van der Waals surface area contributed by atoms with Crippen LogP contribution in [-0.4, -0.2) is 15.0 Å².